The van der Waals surface area contributed by atoms with Gasteiger partial charge >= 0.3 is 22.8 Å². The number of rotatable bonds is 6. The van der Waals surface area contributed by atoms with E-state index in [2.05, 4.69) is 64.2 Å². The summed E-state index contributed by atoms with van der Waals surface area (Å²) < 4.78 is 12.2. The molecule has 0 unspecified atom stereocenters. The molecule has 0 aliphatic carbocycles. The first kappa shape index (κ1) is 23.6. The van der Waals surface area contributed by atoms with Crippen molar-refractivity contribution in [3.8, 4) is 11.5 Å². The Morgan fingerprint density at radius 1 is 0.808 bits per heavy atom. The van der Waals surface area contributed by atoms with E-state index in [1.54, 1.807) is 0 Å². The van der Waals surface area contributed by atoms with Gasteiger partial charge in [-0.25, -0.2) is 0 Å². The van der Waals surface area contributed by atoms with E-state index < -0.39 is 5.69 Å². The van der Waals surface area contributed by atoms with Crippen LogP contribution in [-0.4, -0.2) is 0 Å². The summed E-state index contributed by atoms with van der Waals surface area (Å²) in [6.45, 7) is 12.6. The van der Waals surface area contributed by atoms with Crippen LogP contribution in [0.3, 0.4) is 0 Å². The number of thiol groups is 1. The van der Waals surface area contributed by atoms with E-state index in [0.717, 1.165) is 33.8 Å². The standard InChI is InChI=1S/C20H27O2PS2.Cu/c1-13(2)17-9-7-15(5)11-19(17)21-23(24,25)22-20-12-16(6)8-10-18(20)14(3)4;/h7-14H,1-6H3,(H,24,25);/q;+2. The molecule has 0 heterocycles. The van der Waals surface area contributed by atoms with Crippen molar-refractivity contribution in [1.82, 2.24) is 0 Å². The van der Waals surface area contributed by atoms with Gasteiger partial charge in [0, 0.05) is 0 Å². The molecule has 0 aromatic heterocycles. The molecule has 0 atom stereocenters. The fourth-order valence-electron chi connectivity index (χ4n) is 2.66. The van der Waals surface area contributed by atoms with E-state index in [1.165, 1.54) is 0 Å². The number of hydrogen-bond acceptors (Lipinski definition) is 3. The fourth-order valence-corrected chi connectivity index (χ4v) is 4.52. The van der Waals surface area contributed by atoms with Gasteiger partial charge in [-0.05, 0) is 71.9 Å². The molecule has 0 amide bonds. The first-order chi connectivity index (χ1) is 11.6. The predicted molar refractivity (Wildman–Crippen MR) is 115 cm³/mol. The summed E-state index contributed by atoms with van der Waals surface area (Å²) >= 11 is 10.2. The second-order valence-corrected chi connectivity index (χ2v) is 12.2. The average Bonchev–Trinajstić information content (AvgIpc) is 2.45. The molecule has 0 saturated heterocycles. The topological polar surface area (TPSA) is 18.5 Å². The quantitative estimate of drug-likeness (QED) is 0.282. The van der Waals surface area contributed by atoms with Gasteiger partial charge in [-0.1, -0.05) is 64.2 Å². The molecule has 0 aliphatic rings. The average molecular weight is 458 g/mol. The van der Waals surface area contributed by atoms with E-state index in [9.17, 15) is 0 Å². The summed E-state index contributed by atoms with van der Waals surface area (Å²) in [5.74, 6) is 2.22. The normalized spacial score (nSPS) is 11.4. The van der Waals surface area contributed by atoms with Crippen LogP contribution in [0.5, 0.6) is 11.5 Å². The van der Waals surface area contributed by atoms with Crippen LogP contribution in [0.2, 0.25) is 0 Å². The van der Waals surface area contributed by atoms with Gasteiger partial charge < -0.3 is 9.05 Å². The minimum Gasteiger partial charge on any atom is -0.428 e. The van der Waals surface area contributed by atoms with Crippen LogP contribution in [0, 0.1) is 13.8 Å². The van der Waals surface area contributed by atoms with Crippen LogP contribution in [0.1, 0.15) is 61.8 Å². The van der Waals surface area contributed by atoms with E-state index in [1.807, 2.05) is 26.0 Å². The Kier molecular flexibility index (Phi) is 8.77. The van der Waals surface area contributed by atoms with Crippen molar-refractivity contribution in [3.63, 3.8) is 0 Å². The number of hydrogen-bond donors (Lipinski definition) is 1. The van der Waals surface area contributed by atoms with Gasteiger partial charge in [0.15, 0.2) is 0 Å². The van der Waals surface area contributed by atoms with Gasteiger partial charge in [0.1, 0.15) is 11.5 Å². The Morgan fingerprint density at radius 2 is 1.15 bits per heavy atom. The van der Waals surface area contributed by atoms with Crippen molar-refractivity contribution in [2.24, 2.45) is 0 Å². The van der Waals surface area contributed by atoms with Crippen molar-refractivity contribution in [2.45, 2.75) is 53.4 Å². The van der Waals surface area contributed by atoms with E-state index in [-0.39, 0.29) is 17.1 Å². The van der Waals surface area contributed by atoms with Crippen LogP contribution in [0.15, 0.2) is 36.4 Å². The van der Waals surface area contributed by atoms with Gasteiger partial charge in [0.25, 0.3) is 0 Å². The smallest absolute Gasteiger partial charge is 0.428 e. The molecule has 0 bridgehead atoms. The van der Waals surface area contributed by atoms with E-state index in [4.69, 9.17) is 20.9 Å². The summed E-state index contributed by atoms with van der Waals surface area (Å²) in [7, 11) is 0. The fraction of sp³-hybridized carbons (Fsp3) is 0.400. The largest absolute Gasteiger partial charge is 2.00 e. The first-order valence-corrected chi connectivity index (χ1v) is 12.3. The third kappa shape index (κ3) is 6.32. The molecule has 0 aliphatic heterocycles. The van der Waals surface area contributed by atoms with Crippen molar-refractivity contribution < 1.29 is 26.1 Å². The second kappa shape index (κ2) is 9.66. The molecule has 2 aromatic carbocycles. The van der Waals surface area contributed by atoms with Crippen LogP contribution in [0.4, 0.5) is 0 Å². The second-order valence-electron chi connectivity index (χ2n) is 7.04. The third-order valence-electron chi connectivity index (χ3n) is 4.01. The van der Waals surface area contributed by atoms with Gasteiger partial charge in [-0.15, -0.1) is 0 Å². The SMILES string of the molecule is Cc1ccc(C(C)C)c(OP(=S)(S)Oc2cc(C)ccc2C(C)C)c1.[Cu+2]. The zero-order valence-electron chi connectivity index (χ0n) is 16.0. The van der Waals surface area contributed by atoms with Crippen LogP contribution >= 0.6 is 17.9 Å². The monoisotopic (exact) mass is 457 g/mol. The first-order valence-electron chi connectivity index (χ1n) is 8.52. The predicted octanol–water partition coefficient (Wildman–Crippen LogP) is 7.16. The Balaban J connectivity index is 0.00000338. The number of benzene rings is 2. The molecule has 0 fully saturated rings. The summed E-state index contributed by atoms with van der Waals surface area (Å²) in [6, 6.07) is 12.4. The molecule has 2 nitrogen and oxygen atoms in total. The van der Waals surface area contributed by atoms with E-state index in [0.29, 0.717) is 11.8 Å². The van der Waals surface area contributed by atoms with Crippen LogP contribution in [-0.2, 0) is 28.9 Å². The maximum absolute atomic E-state index is 6.12. The Bertz CT molecular complexity index is 743. The van der Waals surface area contributed by atoms with Gasteiger partial charge in [0.05, 0.1) is 0 Å². The Hall–Kier alpha value is -0.441. The molecule has 1 radical (unpaired) electrons. The maximum Gasteiger partial charge on any atom is 2.00 e. The van der Waals surface area contributed by atoms with Crippen molar-refractivity contribution in [2.75, 3.05) is 0 Å². The molecule has 0 N–H and O–H groups in total. The minimum atomic E-state index is -2.78. The van der Waals surface area contributed by atoms with Crippen molar-refractivity contribution in [1.29, 1.82) is 0 Å². The molecule has 0 spiro atoms. The molecule has 26 heavy (non-hydrogen) atoms. The summed E-state index contributed by atoms with van der Waals surface area (Å²) in [5.41, 5.74) is 1.70. The molecular weight excluding hydrogens is 431 g/mol. The van der Waals surface area contributed by atoms with Gasteiger partial charge in [0.2, 0.25) is 0 Å². The summed E-state index contributed by atoms with van der Waals surface area (Å²) in [5, 5.41) is 0. The molecule has 2 aromatic rings. The molecule has 2 rings (SSSR count). The number of aryl methyl sites for hydroxylation is 2. The van der Waals surface area contributed by atoms with Crippen molar-refractivity contribution >= 4 is 29.7 Å². The van der Waals surface area contributed by atoms with Crippen LogP contribution in [0.25, 0.3) is 0 Å². The third-order valence-corrected chi connectivity index (χ3v) is 5.80. The zero-order chi connectivity index (χ0) is 18.8. The molecule has 0 saturated carbocycles. The van der Waals surface area contributed by atoms with E-state index >= 15 is 0 Å². The molecule has 6 heteroatoms. The Labute approximate surface area is 178 Å². The minimum absolute atomic E-state index is 0. The van der Waals surface area contributed by atoms with Gasteiger partial charge in [-0.3, -0.25) is 0 Å². The zero-order valence-corrected chi connectivity index (χ0v) is 19.6. The molecule has 145 valence electrons. The summed E-state index contributed by atoms with van der Waals surface area (Å²) in [6.07, 6.45) is 0. The van der Waals surface area contributed by atoms with Gasteiger partial charge in [-0.2, -0.15) is 0 Å². The Morgan fingerprint density at radius 3 is 1.46 bits per heavy atom. The molecular formula is C20H27CuO2PS2+2. The summed E-state index contributed by atoms with van der Waals surface area (Å²) in [4.78, 5) is 0. The van der Waals surface area contributed by atoms with Crippen molar-refractivity contribution in [3.05, 3.63) is 58.7 Å². The maximum atomic E-state index is 6.12. The van der Waals surface area contributed by atoms with Crippen LogP contribution < -0.4 is 9.05 Å².